The van der Waals surface area contributed by atoms with Crippen LogP contribution in [0.25, 0.3) is 21.5 Å². The number of fused-ring (bicyclic) bond motifs is 1. The van der Waals surface area contributed by atoms with Gasteiger partial charge in [0.15, 0.2) is 6.61 Å². The number of aryl methyl sites for hydroxylation is 1. The van der Waals surface area contributed by atoms with Crippen LogP contribution in [0, 0.1) is 6.92 Å². The minimum atomic E-state index is -0.412. The zero-order valence-corrected chi connectivity index (χ0v) is 16.9. The van der Waals surface area contributed by atoms with E-state index >= 15 is 0 Å². The standard InChI is InChI=1S/C21H18N2O5S/c1-12-14-6-4-5-7-17(14)29-19(12)21(24)27-11-18-22-20(23-28-18)15-9-8-13(25-2)10-16(15)26-3/h4-10H,11H2,1-3H3. The Labute approximate surface area is 170 Å². The van der Waals surface area contributed by atoms with E-state index in [4.69, 9.17) is 18.7 Å². The number of methoxy groups -OCH3 is 2. The van der Waals surface area contributed by atoms with E-state index in [2.05, 4.69) is 10.1 Å². The molecule has 8 heteroatoms. The Bertz CT molecular complexity index is 1180. The minimum Gasteiger partial charge on any atom is -0.497 e. The van der Waals surface area contributed by atoms with Crippen LogP contribution in [0.2, 0.25) is 0 Å². The Morgan fingerprint density at radius 1 is 1.14 bits per heavy atom. The molecule has 0 aliphatic rings. The van der Waals surface area contributed by atoms with Gasteiger partial charge in [-0.1, -0.05) is 23.4 Å². The van der Waals surface area contributed by atoms with Crippen molar-refractivity contribution in [1.82, 2.24) is 10.1 Å². The summed E-state index contributed by atoms with van der Waals surface area (Å²) in [5.74, 6) is 1.33. The number of rotatable bonds is 6. The number of nitrogens with zero attached hydrogens (tertiary/aromatic N) is 2. The zero-order valence-electron chi connectivity index (χ0n) is 16.1. The van der Waals surface area contributed by atoms with Crippen molar-refractivity contribution < 1.29 is 23.5 Å². The molecule has 0 bridgehead atoms. The third-order valence-electron chi connectivity index (χ3n) is 4.47. The van der Waals surface area contributed by atoms with Crippen molar-refractivity contribution in [2.45, 2.75) is 13.5 Å². The second-order valence-electron chi connectivity index (χ2n) is 6.21. The Morgan fingerprint density at radius 3 is 2.72 bits per heavy atom. The van der Waals surface area contributed by atoms with Crippen molar-refractivity contribution in [1.29, 1.82) is 0 Å². The molecule has 2 heterocycles. The van der Waals surface area contributed by atoms with Gasteiger partial charge >= 0.3 is 5.97 Å². The van der Waals surface area contributed by atoms with Gasteiger partial charge in [0.25, 0.3) is 5.89 Å². The molecule has 0 amide bonds. The molecule has 2 aromatic carbocycles. The van der Waals surface area contributed by atoms with Crippen LogP contribution in [0.1, 0.15) is 21.1 Å². The Kier molecular flexibility index (Phi) is 5.18. The van der Waals surface area contributed by atoms with Crippen LogP contribution in [-0.2, 0) is 11.3 Å². The highest BCUT2D eigenvalue weighted by Gasteiger charge is 2.19. The summed E-state index contributed by atoms with van der Waals surface area (Å²) in [5.41, 5.74) is 1.56. The molecule has 148 valence electrons. The first-order valence-corrected chi connectivity index (χ1v) is 9.62. The fourth-order valence-corrected chi connectivity index (χ4v) is 4.07. The van der Waals surface area contributed by atoms with Gasteiger partial charge in [-0.25, -0.2) is 4.79 Å². The first-order chi connectivity index (χ1) is 14.1. The van der Waals surface area contributed by atoms with Crippen molar-refractivity contribution in [2.24, 2.45) is 0 Å². The molecule has 29 heavy (non-hydrogen) atoms. The zero-order chi connectivity index (χ0) is 20.4. The van der Waals surface area contributed by atoms with Gasteiger partial charge in [-0.2, -0.15) is 4.98 Å². The average Bonchev–Trinajstić information content (AvgIpc) is 3.36. The van der Waals surface area contributed by atoms with E-state index in [9.17, 15) is 4.79 Å². The van der Waals surface area contributed by atoms with Crippen LogP contribution in [0.5, 0.6) is 11.5 Å². The van der Waals surface area contributed by atoms with Gasteiger partial charge in [0.2, 0.25) is 5.82 Å². The van der Waals surface area contributed by atoms with E-state index in [0.29, 0.717) is 27.8 Å². The maximum Gasteiger partial charge on any atom is 0.349 e. The van der Waals surface area contributed by atoms with E-state index in [1.165, 1.54) is 11.3 Å². The van der Waals surface area contributed by atoms with E-state index in [1.54, 1.807) is 32.4 Å². The van der Waals surface area contributed by atoms with Gasteiger partial charge in [0.05, 0.1) is 19.8 Å². The lowest BCUT2D eigenvalue weighted by molar-refractivity contribution is 0.0435. The summed E-state index contributed by atoms with van der Waals surface area (Å²) in [6, 6.07) is 13.2. The third-order valence-corrected chi connectivity index (χ3v) is 5.73. The van der Waals surface area contributed by atoms with Crippen molar-refractivity contribution in [3.63, 3.8) is 0 Å². The van der Waals surface area contributed by atoms with E-state index < -0.39 is 5.97 Å². The maximum atomic E-state index is 12.5. The lowest BCUT2D eigenvalue weighted by Crippen LogP contribution is -2.04. The maximum absolute atomic E-state index is 12.5. The topological polar surface area (TPSA) is 83.7 Å². The number of aromatic nitrogens is 2. The highest BCUT2D eigenvalue weighted by atomic mass is 32.1. The molecule has 2 aromatic heterocycles. The smallest absolute Gasteiger partial charge is 0.349 e. The van der Waals surface area contributed by atoms with E-state index in [0.717, 1.165) is 15.6 Å². The van der Waals surface area contributed by atoms with Crippen LogP contribution >= 0.6 is 11.3 Å². The monoisotopic (exact) mass is 410 g/mol. The quantitative estimate of drug-likeness (QED) is 0.428. The lowest BCUT2D eigenvalue weighted by atomic mass is 10.1. The summed E-state index contributed by atoms with van der Waals surface area (Å²) in [7, 11) is 3.13. The molecular weight excluding hydrogens is 392 g/mol. The second kappa shape index (κ2) is 7.92. The highest BCUT2D eigenvalue weighted by Crippen LogP contribution is 2.32. The largest absolute Gasteiger partial charge is 0.497 e. The molecule has 0 aliphatic carbocycles. The fraction of sp³-hybridized carbons (Fsp3) is 0.190. The molecule has 0 spiro atoms. The Morgan fingerprint density at radius 2 is 1.97 bits per heavy atom. The molecule has 0 saturated carbocycles. The predicted octanol–water partition coefficient (Wildman–Crippen LogP) is 4.63. The van der Waals surface area contributed by atoms with Crippen LogP contribution in [-0.4, -0.2) is 30.3 Å². The van der Waals surface area contributed by atoms with Gasteiger partial charge < -0.3 is 18.7 Å². The van der Waals surface area contributed by atoms with Crippen molar-refractivity contribution >= 4 is 27.4 Å². The molecule has 0 N–H and O–H groups in total. The van der Waals surface area contributed by atoms with Crippen molar-refractivity contribution in [3.05, 3.63) is 58.8 Å². The molecule has 7 nitrogen and oxygen atoms in total. The number of hydrogen-bond donors (Lipinski definition) is 0. The average molecular weight is 410 g/mol. The first-order valence-electron chi connectivity index (χ1n) is 8.81. The van der Waals surface area contributed by atoms with Crippen LogP contribution < -0.4 is 9.47 Å². The number of hydrogen-bond acceptors (Lipinski definition) is 8. The summed E-state index contributed by atoms with van der Waals surface area (Å²) in [4.78, 5) is 17.4. The van der Waals surface area contributed by atoms with Gasteiger partial charge in [0.1, 0.15) is 16.4 Å². The van der Waals surface area contributed by atoms with Gasteiger partial charge in [-0.3, -0.25) is 0 Å². The molecule has 0 radical (unpaired) electrons. The molecule has 0 aliphatic heterocycles. The van der Waals surface area contributed by atoms with E-state index in [-0.39, 0.29) is 12.5 Å². The molecule has 4 aromatic rings. The number of benzene rings is 2. The summed E-state index contributed by atoms with van der Waals surface area (Å²) in [5, 5.41) is 5.01. The van der Waals surface area contributed by atoms with Crippen LogP contribution in [0.3, 0.4) is 0 Å². The SMILES string of the molecule is COc1ccc(-c2noc(COC(=O)c3sc4ccccc4c3C)n2)c(OC)c1. The van der Waals surface area contributed by atoms with Crippen LogP contribution in [0.15, 0.2) is 47.0 Å². The Hall–Kier alpha value is -3.39. The van der Waals surface area contributed by atoms with Gasteiger partial charge in [-0.05, 0) is 36.1 Å². The summed E-state index contributed by atoms with van der Waals surface area (Å²) in [6.45, 7) is 1.80. The summed E-state index contributed by atoms with van der Waals surface area (Å²) < 4.78 is 22.2. The molecule has 0 fully saturated rings. The number of carbonyl (C=O) groups is 1. The number of ether oxygens (including phenoxy) is 3. The fourth-order valence-electron chi connectivity index (χ4n) is 2.97. The highest BCUT2D eigenvalue weighted by molar-refractivity contribution is 7.21. The lowest BCUT2D eigenvalue weighted by Gasteiger charge is -2.07. The molecule has 0 unspecified atom stereocenters. The second-order valence-corrected chi connectivity index (χ2v) is 7.26. The third kappa shape index (κ3) is 3.66. The number of esters is 1. The van der Waals surface area contributed by atoms with E-state index in [1.807, 2.05) is 31.2 Å². The number of carbonyl (C=O) groups excluding carboxylic acids is 1. The molecule has 0 saturated heterocycles. The molecule has 0 atom stereocenters. The predicted molar refractivity (Wildman–Crippen MR) is 109 cm³/mol. The summed E-state index contributed by atoms with van der Waals surface area (Å²) >= 11 is 1.41. The molecular formula is C21H18N2O5S. The van der Waals surface area contributed by atoms with Crippen molar-refractivity contribution in [3.8, 4) is 22.9 Å². The summed E-state index contributed by atoms with van der Waals surface area (Å²) in [6.07, 6.45) is 0. The van der Waals surface area contributed by atoms with Crippen LogP contribution in [0.4, 0.5) is 0 Å². The van der Waals surface area contributed by atoms with Gasteiger partial charge in [0, 0.05) is 10.8 Å². The molecule has 4 rings (SSSR count). The Balaban J connectivity index is 1.49. The van der Waals surface area contributed by atoms with Crippen molar-refractivity contribution in [2.75, 3.05) is 14.2 Å². The minimum absolute atomic E-state index is 0.113. The first kappa shape index (κ1) is 18.9. The van der Waals surface area contributed by atoms with Gasteiger partial charge in [-0.15, -0.1) is 11.3 Å². The normalized spacial score (nSPS) is 10.9. The number of thiophene rings is 1.